The molecule has 9 heteroatoms. The second-order valence-electron chi connectivity index (χ2n) is 9.22. The number of carbonyl (C=O) groups is 4. The Balaban J connectivity index is 1.08. The molecule has 0 aliphatic carbocycles. The van der Waals surface area contributed by atoms with Crippen LogP contribution in [0.5, 0.6) is 0 Å². The Labute approximate surface area is 203 Å². The molecular formula is C26H28N4O5. The number of benzene rings is 1. The molecule has 5 rings (SSSR count). The molecule has 1 aromatic carbocycles. The smallest absolute Gasteiger partial charge is 0.313 e. The molecule has 9 nitrogen and oxygen atoms in total. The maximum absolute atomic E-state index is 12.5. The van der Waals surface area contributed by atoms with E-state index in [1.165, 1.54) is 6.08 Å². The van der Waals surface area contributed by atoms with Gasteiger partial charge in [-0.15, -0.1) is 0 Å². The lowest BCUT2D eigenvalue weighted by atomic mass is 9.96. The van der Waals surface area contributed by atoms with E-state index >= 15 is 0 Å². The van der Waals surface area contributed by atoms with Gasteiger partial charge in [0.15, 0.2) is 0 Å². The first-order valence-corrected chi connectivity index (χ1v) is 12.0. The zero-order valence-electron chi connectivity index (χ0n) is 19.4. The molecule has 0 saturated carbocycles. The molecular weight excluding hydrogens is 448 g/mol. The topological polar surface area (TPSA) is 112 Å². The first-order chi connectivity index (χ1) is 17.0. The summed E-state index contributed by atoms with van der Waals surface area (Å²) in [5.74, 6) is -0.453. The van der Waals surface area contributed by atoms with Crippen LogP contribution in [0.4, 0.5) is 11.4 Å². The highest BCUT2D eigenvalue weighted by Gasteiger charge is 2.32. The van der Waals surface area contributed by atoms with Crippen LogP contribution in [0.15, 0.2) is 41.0 Å². The van der Waals surface area contributed by atoms with Gasteiger partial charge in [0.1, 0.15) is 5.76 Å². The lowest BCUT2D eigenvalue weighted by Crippen LogP contribution is -2.43. The summed E-state index contributed by atoms with van der Waals surface area (Å²) in [7, 11) is 0. The third-order valence-electron chi connectivity index (χ3n) is 6.93. The third-order valence-corrected chi connectivity index (χ3v) is 6.93. The molecule has 1 aromatic heterocycles. The zero-order chi connectivity index (χ0) is 24.4. The molecule has 4 amide bonds. The second kappa shape index (κ2) is 9.77. The highest BCUT2D eigenvalue weighted by molar-refractivity contribution is 6.39. The Morgan fingerprint density at radius 2 is 1.80 bits per heavy atom. The number of piperidine rings is 1. The van der Waals surface area contributed by atoms with Gasteiger partial charge in [-0.2, -0.15) is 0 Å². The molecule has 0 unspecified atom stereocenters. The van der Waals surface area contributed by atoms with Gasteiger partial charge in [0.25, 0.3) is 0 Å². The Morgan fingerprint density at radius 3 is 2.54 bits per heavy atom. The van der Waals surface area contributed by atoms with E-state index in [1.807, 2.05) is 17.0 Å². The third kappa shape index (κ3) is 4.99. The first kappa shape index (κ1) is 22.9. The predicted octanol–water partition coefficient (Wildman–Crippen LogP) is 2.12. The summed E-state index contributed by atoms with van der Waals surface area (Å²) in [6.07, 6.45) is 8.10. The van der Waals surface area contributed by atoms with Crippen molar-refractivity contribution in [3.05, 3.63) is 53.5 Å². The number of hydrogen-bond donors (Lipinski definition) is 2. The fourth-order valence-corrected chi connectivity index (χ4v) is 5.04. The van der Waals surface area contributed by atoms with Crippen molar-refractivity contribution in [2.45, 2.75) is 32.1 Å². The Morgan fingerprint density at radius 1 is 1.03 bits per heavy atom. The number of anilines is 2. The van der Waals surface area contributed by atoms with E-state index in [-0.39, 0.29) is 17.7 Å². The Hall–Kier alpha value is -3.88. The highest BCUT2D eigenvalue weighted by atomic mass is 16.3. The van der Waals surface area contributed by atoms with E-state index < -0.39 is 11.8 Å². The number of hydrogen-bond acceptors (Lipinski definition) is 5. The van der Waals surface area contributed by atoms with Crippen molar-refractivity contribution < 1.29 is 23.6 Å². The number of nitrogens with zero attached hydrogens (tertiary/aromatic N) is 2. The molecule has 182 valence electrons. The standard InChI is InChI=1S/C26H28N4O5/c31-22(6-4-21-2-1-13-35-21)29-10-7-17(8-11-29)16-27-25(33)26(34)28-20-14-18-3-5-23(32)30-12-9-19(15-20)24(18)30/h1-2,4,6,13-15,17H,3,5,7-12,16H2,(H,27,33)(H,28,34)/b6-4+. The average Bonchev–Trinajstić information content (AvgIpc) is 3.54. The van der Waals surface area contributed by atoms with Gasteiger partial charge in [-0.1, -0.05) is 0 Å². The van der Waals surface area contributed by atoms with E-state index in [0.29, 0.717) is 50.5 Å². The van der Waals surface area contributed by atoms with Crippen LogP contribution in [-0.4, -0.2) is 54.7 Å². The minimum Gasteiger partial charge on any atom is -0.465 e. The summed E-state index contributed by atoms with van der Waals surface area (Å²) in [5, 5.41) is 5.44. The number of rotatable bonds is 5. The van der Waals surface area contributed by atoms with Gasteiger partial charge in [0.05, 0.1) is 12.0 Å². The molecule has 4 heterocycles. The maximum atomic E-state index is 12.5. The molecule has 2 N–H and O–H groups in total. The van der Waals surface area contributed by atoms with Crippen LogP contribution in [-0.2, 0) is 32.0 Å². The molecule has 3 aliphatic rings. The summed E-state index contributed by atoms with van der Waals surface area (Å²) in [6.45, 7) is 2.27. The molecule has 35 heavy (non-hydrogen) atoms. The van der Waals surface area contributed by atoms with Crippen LogP contribution in [0.1, 0.15) is 36.1 Å². The van der Waals surface area contributed by atoms with Crippen LogP contribution in [0, 0.1) is 5.92 Å². The van der Waals surface area contributed by atoms with Gasteiger partial charge >= 0.3 is 11.8 Å². The van der Waals surface area contributed by atoms with E-state index in [0.717, 1.165) is 36.1 Å². The highest BCUT2D eigenvalue weighted by Crippen LogP contribution is 2.38. The largest absolute Gasteiger partial charge is 0.465 e. The van der Waals surface area contributed by atoms with Crippen molar-refractivity contribution in [2.75, 3.05) is 36.4 Å². The van der Waals surface area contributed by atoms with Crippen molar-refractivity contribution in [3.8, 4) is 0 Å². The van der Waals surface area contributed by atoms with Gasteiger partial charge < -0.3 is 24.9 Å². The molecule has 1 fully saturated rings. The van der Waals surface area contributed by atoms with Gasteiger partial charge in [0.2, 0.25) is 11.8 Å². The van der Waals surface area contributed by atoms with Crippen LogP contribution >= 0.6 is 0 Å². The van der Waals surface area contributed by atoms with Crippen molar-refractivity contribution in [1.29, 1.82) is 0 Å². The second-order valence-corrected chi connectivity index (χ2v) is 9.22. The minimum absolute atomic E-state index is 0.0656. The molecule has 1 saturated heterocycles. The Bertz CT molecular complexity index is 1180. The van der Waals surface area contributed by atoms with E-state index in [4.69, 9.17) is 4.42 Å². The predicted molar refractivity (Wildman–Crippen MR) is 130 cm³/mol. The zero-order valence-corrected chi connectivity index (χ0v) is 19.4. The lowest BCUT2D eigenvalue weighted by Gasteiger charge is -2.31. The van der Waals surface area contributed by atoms with Crippen molar-refractivity contribution in [1.82, 2.24) is 10.2 Å². The van der Waals surface area contributed by atoms with Gasteiger partial charge in [-0.05, 0) is 73.1 Å². The van der Waals surface area contributed by atoms with E-state index in [9.17, 15) is 19.2 Å². The van der Waals surface area contributed by atoms with Crippen molar-refractivity contribution in [3.63, 3.8) is 0 Å². The van der Waals surface area contributed by atoms with Gasteiger partial charge in [-0.3, -0.25) is 19.2 Å². The minimum atomic E-state index is -0.699. The van der Waals surface area contributed by atoms with Gasteiger partial charge in [-0.25, -0.2) is 0 Å². The van der Waals surface area contributed by atoms with Crippen molar-refractivity contribution >= 4 is 41.1 Å². The number of furan rings is 1. The lowest BCUT2D eigenvalue weighted by molar-refractivity contribution is -0.136. The van der Waals surface area contributed by atoms with Crippen LogP contribution in [0.2, 0.25) is 0 Å². The number of aryl methyl sites for hydroxylation is 1. The SMILES string of the molecule is O=C(NCC1CCN(C(=O)/C=C/c2ccco2)CC1)C(=O)Nc1cc2c3c(c1)CCN3C(=O)CC2. The maximum Gasteiger partial charge on any atom is 0.313 e. The van der Waals surface area contributed by atoms with Crippen LogP contribution in [0.25, 0.3) is 6.08 Å². The first-order valence-electron chi connectivity index (χ1n) is 12.0. The normalized spacial score (nSPS) is 17.5. The molecule has 0 bridgehead atoms. The summed E-state index contributed by atoms with van der Waals surface area (Å²) in [4.78, 5) is 52.9. The molecule has 2 aromatic rings. The molecule has 0 spiro atoms. The van der Waals surface area contributed by atoms with Gasteiger partial charge in [0, 0.05) is 44.4 Å². The summed E-state index contributed by atoms with van der Waals surface area (Å²) < 4.78 is 5.20. The number of amides is 4. The Kier molecular flexibility index (Phi) is 6.39. The fourth-order valence-electron chi connectivity index (χ4n) is 5.04. The molecule has 0 atom stereocenters. The van der Waals surface area contributed by atoms with Crippen molar-refractivity contribution in [2.24, 2.45) is 5.92 Å². The molecule has 3 aliphatic heterocycles. The number of carbonyl (C=O) groups excluding carboxylic acids is 4. The fraction of sp³-hybridized carbons (Fsp3) is 0.385. The summed E-state index contributed by atoms with van der Waals surface area (Å²) in [5.41, 5.74) is 3.64. The average molecular weight is 477 g/mol. The van der Waals surface area contributed by atoms with Crippen LogP contribution < -0.4 is 15.5 Å². The van der Waals surface area contributed by atoms with E-state index in [1.54, 1.807) is 29.4 Å². The summed E-state index contributed by atoms with van der Waals surface area (Å²) in [6, 6.07) is 7.27. The van der Waals surface area contributed by atoms with E-state index in [2.05, 4.69) is 10.6 Å². The summed E-state index contributed by atoms with van der Waals surface area (Å²) >= 11 is 0. The monoisotopic (exact) mass is 476 g/mol. The van der Waals surface area contributed by atoms with Crippen LogP contribution in [0.3, 0.4) is 0 Å². The number of nitrogens with one attached hydrogen (secondary N) is 2. The quantitative estimate of drug-likeness (QED) is 0.507. The number of likely N-dealkylation sites (tertiary alicyclic amines) is 1. The molecule has 0 radical (unpaired) electrons.